The zero-order valence-electron chi connectivity index (χ0n) is 11.6. The Hall–Kier alpha value is -1.98. The minimum absolute atomic E-state index is 0.171. The van der Waals surface area contributed by atoms with Crippen LogP contribution in [0.2, 0.25) is 0 Å². The van der Waals surface area contributed by atoms with Crippen molar-refractivity contribution in [2.24, 2.45) is 5.92 Å². The van der Waals surface area contributed by atoms with E-state index in [2.05, 4.69) is 0 Å². The topological polar surface area (TPSA) is 63.4 Å². The minimum Gasteiger partial charge on any atom is -0.335 e. The Kier molecular flexibility index (Phi) is 3.61. The van der Waals surface area contributed by atoms with Gasteiger partial charge in [-0.25, -0.2) is 4.39 Å². The van der Waals surface area contributed by atoms with Crippen LogP contribution in [-0.2, 0) is 0 Å². The Morgan fingerprint density at radius 3 is 2.81 bits per heavy atom. The molecular weight excluding hydrogens is 275 g/mol. The summed E-state index contributed by atoms with van der Waals surface area (Å²) in [5, 5.41) is 10.8. The summed E-state index contributed by atoms with van der Waals surface area (Å²) in [7, 11) is 0. The molecule has 1 aromatic carbocycles. The molecule has 0 spiro atoms. The second-order valence-electron chi connectivity index (χ2n) is 5.82. The predicted octanol–water partition coefficient (Wildman–Crippen LogP) is 3.14. The Morgan fingerprint density at radius 1 is 1.29 bits per heavy atom. The van der Waals surface area contributed by atoms with Crippen molar-refractivity contribution in [1.82, 2.24) is 4.90 Å². The van der Waals surface area contributed by atoms with E-state index in [4.69, 9.17) is 0 Å². The Labute approximate surface area is 121 Å². The highest BCUT2D eigenvalue weighted by Gasteiger charge is 2.38. The lowest BCUT2D eigenvalue weighted by Crippen LogP contribution is -2.46. The molecule has 2 aliphatic rings. The first kappa shape index (κ1) is 14.0. The number of rotatable bonds is 2. The molecule has 0 bridgehead atoms. The minimum atomic E-state index is -0.689. The molecule has 0 N–H and O–H groups in total. The second kappa shape index (κ2) is 5.42. The standard InChI is InChI=1S/C15H17FN2O3/c16-13-7-6-11(18(20)21)9-12(13)15(19)17-8-2-4-10-3-1-5-14(10)17/h6-7,9-10,14H,1-5,8H2. The van der Waals surface area contributed by atoms with Crippen molar-refractivity contribution in [3.05, 3.63) is 39.7 Å². The third-order valence-electron chi connectivity index (χ3n) is 4.65. The van der Waals surface area contributed by atoms with E-state index in [1.807, 2.05) is 0 Å². The average Bonchev–Trinajstić information content (AvgIpc) is 2.95. The number of nitrogens with zero attached hydrogens (tertiary/aromatic N) is 2. The number of piperidine rings is 1. The number of hydrogen-bond donors (Lipinski definition) is 0. The lowest BCUT2D eigenvalue weighted by atomic mass is 9.91. The molecule has 1 amide bonds. The van der Waals surface area contributed by atoms with Gasteiger partial charge < -0.3 is 4.90 Å². The number of nitro benzene ring substituents is 1. The molecule has 6 heteroatoms. The molecule has 1 saturated heterocycles. The summed E-state index contributed by atoms with van der Waals surface area (Å²) < 4.78 is 13.9. The summed E-state index contributed by atoms with van der Waals surface area (Å²) in [6.07, 6.45) is 5.20. The highest BCUT2D eigenvalue weighted by Crippen LogP contribution is 2.37. The first-order valence-electron chi connectivity index (χ1n) is 7.33. The highest BCUT2D eigenvalue weighted by molar-refractivity contribution is 5.95. The Balaban J connectivity index is 1.90. The zero-order chi connectivity index (χ0) is 15.0. The van der Waals surface area contributed by atoms with Crippen molar-refractivity contribution in [2.45, 2.75) is 38.1 Å². The van der Waals surface area contributed by atoms with Gasteiger partial charge in [0.2, 0.25) is 0 Å². The molecule has 1 aromatic rings. The molecule has 2 fully saturated rings. The van der Waals surface area contributed by atoms with Crippen molar-refractivity contribution in [3.63, 3.8) is 0 Å². The monoisotopic (exact) mass is 292 g/mol. The van der Waals surface area contributed by atoms with Gasteiger partial charge in [0.1, 0.15) is 5.82 Å². The smallest absolute Gasteiger partial charge is 0.270 e. The number of amides is 1. The lowest BCUT2D eigenvalue weighted by Gasteiger charge is -2.37. The van der Waals surface area contributed by atoms with Crippen LogP contribution in [0.3, 0.4) is 0 Å². The lowest BCUT2D eigenvalue weighted by molar-refractivity contribution is -0.384. The molecule has 1 aliphatic carbocycles. The third kappa shape index (κ3) is 2.50. The van der Waals surface area contributed by atoms with Gasteiger partial charge in [-0.05, 0) is 37.7 Å². The third-order valence-corrected chi connectivity index (χ3v) is 4.65. The summed E-state index contributed by atoms with van der Waals surface area (Å²) in [5.41, 5.74) is -0.434. The SMILES string of the molecule is O=C(c1cc([N+](=O)[O-])ccc1F)N1CCCC2CCCC21. The fraction of sp³-hybridized carbons (Fsp3) is 0.533. The fourth-order valence-corrected chi connectivity index (χ4v) is 3.65. The Bertz CT molecular complexity index is 590. The number of halogens is 1. The second-order valence-corrected chi connectivity index (χ2v) is 5.82. The van der Waals surface area contributed by atoms with Gasteiger partial charge >= 0.3 is 0 Å². The van der Waals surface area contributed by atoms with Gasteiger partial charge in [-0.2, -0.15) is 0 Å². The van der Waals surface area contributed by atoms with Crippen molar-refractivity contribution in [2.75, 3.05) is 6.54 Å². The van der Waals surface area contributed by atoms with Crippen molar-refractivity contribution < 1.29 is 14.1 Å². The van der Waals surface area contributed by atoms with E-state index < -0.39 is 16.6 Å². The summed E-state index contributed by atoms with van der Waals surface area (Å²) in [6.45, 7) is 0.613. The van der Waals surface area contributed by atoms with E-state index >= 15 is 0 Å². The number of benzene rings is 1. The summed E-state index contributed by atoms with van der Waals surface area (Å²) in [4.78, 5) is 24.5. The van der Waals surface area contributed by atoms with Crippen LogP contribution >= 0.6 is 0 Å². The molecule has 1 aliphatic heterocycles. The molecule has 112 valence electrons. The van der Waals surface area contributed by atoms with Gasteiger partial charge in [-0.3, -0.25) is 14.9 Å². The fourth-order valence-electron chi connectivity index (χ4n) is 3.65. The van der Waals surface area contributed by atoms with Crippen molar-refractivity contribution in [3.8, 4) is 0 Å². The summed E-state index contributed by atoms with van der Waals surface area (Å²) >= 11 is 0. The molecule has 3 rings (SSSR count). The van der Waals surface area contributed by atoms with Crippen LogP contribution in [0.4, 0.5) is 10.1 Å². The van der Waals surface area contributed by atoms with Gasteiger partial charge in [0.25, 0.3) is 11.6 Å². The van der Waals surface area contributed by atoms with E-state index in [9.17, 15) is 19.3 Å². The van der Waals surface area contributed by atoms with Gasteiger partial charge in [0.05, 0.1) is 10.5 Å². The summed E-state index contributed by atoms with van der Waals surface area (Å²) in [6, 6.07) is 3.31. The van der Waals surface area contributed by atoms with E-state index in [0.717, 1.165) is 50.3 Å². The van der Waals surface area contributed by atoms with Crippen LogP contribution in [0, 0.1) is 21.8 Å². The van der Waals surface area contributed by atoms with E-state index in [-0.39, 0.29) is 17.3 Å². The van der Waals surface area contributed by atoms with E-state index in [0.29, 0.717) is 12.5 Å². The normalized spacial score (nSPS) is 24.7. The maximum Gasteiger partial charge on any atom is 0.270 e. The van der Waals surface area contributed by atoms with Crippen LogP contribution in [0.1, 0.15) is 42.5 Å². The largest absolute Gasteiger partial charge is 0.335 e. The Morgan fingerprint density at radius 2 is 2.05 bits per heavy atom. The highest BCUT2D eigenvalue weighted by atomic mass is 19.1. The zero-order valence-corrected chi connectivity index (χ0v) is 11.6. The van der Waals surface area contributed by atoms with Crippen LogP contribution < -0.4 is 0 Å². The van der Waals surface area contributed by atoms with Crippen LogP contribution in [0.25, 0.3) is 0 Å². The molecule has 2 atom stereocenters. The molecule has 5 nitrogen and oxygen atoms in total. The maximum absolute atomic E-state index is 13.9. The van der Waals surface area contributed by atoms with Crippen LogP contribution in [0.15, 0.2) is 18.2 Å². The molecule has 2 unspecified atom stereocenters. The molecule has 0 aromatic heterocycles. The maximum atomic E-state index is 13.9. The van der Waals surface area contributed by atoms with Crippen molar-refractivity contribution in [1.29, 1.82) is 0 Å². The number of carbonyl (C=O) groups is 1. The quantitative estimate of drug-likeness (QED) is 0.621. The van der Waals surface area contributed by atoms with Gasteiger partial charge in [0.15, 0.2) is 0 Å². The van der Waals surface area contributed by atoms with E-state index in [1.165, 1.54) is 0 Å². The first-order valence-corrected chi connectivity index (χ1v) is 7.33. The average molecular weight is 292 g/mol. The van der Waals surface area contributed by atoms with Crippen LogP contribution in [-0.4, -0.2) is 28.3 Å². The van der Waals surface area contributed by atoms with Gasteiger partial charge in [-0.1, -0.05) is 6.42 Å². The molecule has 0 radical (unpaired) electrons. The molecule has 1 heterocycles. The molecule has 1 saturated carbocycles. The predicted molar refractivity (Wildman–Crippen MR) is 74.5 cm³/mol. The summed E-state index contributed by atoms with van der Waals surface area (Å²) in [5.74, 6) is -0.594. The number of fused-ring (bicyclic) bond motifs is 1. The van der Waals surface area contributed by atoms with E-state index in [1.54, 1.807) is 4.90 Å². The number of carbonyl (C=O) groups excluding carboxylic acids is 1. The number of hydrogen-bond acceptors (Lipinski definition) is 3. The molecular formula is C15H17FN2O3. The first-order chi connectivity index (χ1) is 10.1. The number of likely N-dealkylation sites (tertiary alicyclic amines) is 1. The van der Waals surface area contributed by atoms with Crippen molar-refractivity contribution >= 4 is 11.6 Å². The van der Waals surface area contributed by atoms with Gasteiger partial charge in [0, 0.05) is 24.7 Å². The number of non-ortho nitro benzene ring substituents is 1. The van der Waals surface area contributed by atoms with Gasteiger partial charge in [-0.15, -0.1) is 0 Å². The number of nitro groups is 1. The molecule has 21 heavy (non-hydrogen) atoms. The van der Waals surface area contributed by atoms with Crippen LogP contribution in [0.5, 0.6) is 0 Å².